The van der Waals surface area contributed by atoms with Gasteiger partial charge in [-0.25, -0.2) is 0 Å². The van der Waals surface area contributed by atoms with Crippen LogP contribution in [-0.2, 0) is 8.85 Å². The minimum atomic E-state index is -2.29. The summed E-state index contributed by atoms with van der Waals surface area (Å²) >= 11 is 0. The average Bonchev–Trinajstić information content (AvgIpc) is 2.16. The minimum Gasteiger partial charge on any atom is -0.378 e. The van der Waals surface area contributed by atoms with Crippen molar-refractivity contribution in [1.29, 1.82) is 0 Å². The second-order valence-corrected chi connectivity index (χ2v) is 8.43. The lowest BCUT2D eigenvalue weighted by Crippen LogP contribution is -2.59. The molecule has 0 aromatic heterocycles. The van der Waals surface area contributed by atoms with E-state index in [0.29, 0.717) is 0 Å². The molecule has 0 heterocycles. The maximum absolute atomic E-state index is 6.17. The lowest BCUT2D eigenvalue weighted by atomic mass is 10.1. The number of rotatable bonds is 7. The Bertz CT molecular complexity index is 199. The van der Waals surface area contributed by atoms with Crippen molar-refractivity contribution in [3.05, 3.63) is 0 Å². The molecule has 0 fully saturated rings. The van der Waals surface area contributed by atoms with Gasteiger partial charge in [0.2, 0.25) is 0 Å². The van der Waals surface area contributed by atoms with Crippen LogP contribution in [0.3, 0.4) is 0 Å². The van der Waals surface area contributed by atoms with E-state index in [1.807, 2.05) is 7.05 Å². The fourth-order valence-corrected chi connectivity index (χ4v) is 3.97. The van der Waals surface area contributed by atoms with Crippen LogP contribution < -0.4 is 4.98 Å². The van der Waals surface area contributed by atoms with Gasteiger partial charge in [-0.05, 0) is 54.1 Å². The number of hydrogen-bond donors (Lipinski definition) is 1. The maximum atomic E-state index is 6.17. The van der Waals surface area contributed by atoms with Crippen molar-refractivity contribution in [1.82, 2.24) is 4.98 Å². The molecule has 0 unspecified atom stereocenters. The molecule has 0 amide bonds. The van der Waals surface area contributed by atoms with Crippen molar-refractivity contribution in [2.45, 2.75) is 72.1 Å². The van der Waals surface area contributed by atoms with Gasteiger partial charge in [-0.1, -0.05) is 13.8 Å². The molecule has 98 valence electrons. The molecule has 0 aromatic carbocycles. The third-order valence-electron chi connectivity index (χ3n) is 3.10. The summed E-state index contributed by atoms with van der Waals surface area (Å²) in [6, 6.07) is 0. The minimum absolute atomic E-state index is 0.131. The fraction of sp³-hybridized carbons (Fsp3) is 1.00. The van der Waals surface area contributed by atoms with Crippen LogP contribution >= 0.6 is 0 Å². The predicted molar refractivity (Wildman–Crippen MR) is 71.6 cm³/mol. The zero-order valence-corrected chi connectivity index (χ0v) is 13.2. The highest BCUT2D eigenvalue weighted by Crippen LogP contribution is 2.25. The normalized spacial score (nSPS) is 14.2. The van der Waals surface area contributed by atoms with E-state index in [2.05, 4.69) is 53.1 Å². The molecule has 0 saturated carbocycles. The van der Waals surface area contributed by atoms with Crippen LogP contribution in [0.2, 0.25) is 6.55 Å². The smallest absolute Gasteiger partial charge is 0.378 e. The third kappa shape index (κ3) is 5.43. The van der Waals surface area contributed by atoms with Gasteiger partial charge in [0.05, 0.1) is 11.2 Å². The van der Waals surface area contributed by atoms with Crippen molar-refractivity contribution < 1.29 is 8.85 Å². The van der Waals surface area contributed by atoms with E-state index >= 15 is 0 Å². The largest absolute Gasteiger partial charge is 0.422 e. The molecular weight excluding hydrogens is 218 g/mol. The van der Waals surface area contributed by atoms with Gasteiger partial charge in [-0.2, -0.15) is 0 Å². The van der Waals surface area contributed by atoms with E-state index in [0.717, 1.165) is 12.8 Å². The van der Waals surface area contributed by atoms with E-state index in [1.54, 1.807) is 0 Å². The molecule has 16 heavy (non-hydrogen) atoms. The van der Waals surface area contributed by atoms with Crippen LogP contribution in [0.4, 0.5) is 0 Å². The highest BCUT2D eigenvalue weighted by molar-refractivity contribution is 6.63. The Kier molecular flexibility index (Phi) is 5.66. The molecule has 0 spiro atoms. The predicted octanol–water partition coefficient (Wildman–Crippen LogP) is 3.18. The van der Waals surface area contributed by atoms with Crippen LogP contribution in [0.1, 0.15) is 54.4 Å². The van der Waals surface area contributed by atoms with Gasteiger partial charge >= 0.3 is 8.72 Å². The zero-order chi connectivity index (χ0) is 13.0. The van der Waals surface area contributed by atoms with Crippen LogP contribution in [-0.4, -0.2) is 27.0 Å². The molecule has 3 nitrogen and oxygen atoms in total. The Morgan fingerprint density at radius 1 is 0.938 bits per heavy atom. The van der Waals surface area contributed by atoms with E-state index in [9.17, 15) is 0 Å². The molecule has 0 aliphatic heterocycles. The molecule has 0 saturated heterocycles. The summed E-state index contributed by atoms with van der Waals surface area (Å²) in [7, 11) is -0.366. The standard InChI is InChI=1S/C12H29NO2Si/c1-9-11(3,4)14-16(8,13-7)15-12(5,6)10-2/h13H,9-10H2,1-8H3. The van der Waals surface area contributed by atoms with Gasteiger partial charge in [0, 0.05) is 0 Å². The third-order valence-corrected chi connectivity index (χ3v) is 5.89. The van der Waals surface area contributed by atoms with Gasteiger partial charge in [0.1, 0.15) is 0 Å². The summed E-state index contributed by atoms with van der Waals surface area (Å²) < 4.78 is 12.3. The van der Waals surface area contributed by atoms with Gasteiger partial charge < -0.3 is 8.85 Å². The fourth-order valence-electron chi connectivity index (χ4n) is 1.32. The van der Waals surface area contributed by atoms with Crippen molar-refractivity contribution in [3.63, 3.8) is 0 Å². The summed E-state index contributed by atoms with van der Waals surface area (Å²) in [5, 5.41) is 0. The molecule has 0 bridgehead atoms. The van der Waals surface area contributed by atoms with Gasteiger partial charge in [-0.3, -0.25) is 4.98 Å². The lowest BCUT2D eigenvalue weighted by Gasteiger charge is -2.40. The maximum Gasteiger partial charge on any atom is 0.422 e. The molecule has 0 rings (SSSR count). The molecule has 1 N–H and O–H groups in total. The van der Waals surface area contributed by atoms with Crippen molar-refractivity contribution in [2.75, 3.05) is 7.05 Å². The van der Waals surface area contributed by atoms with Gasteiger partial charge in [0.25, 0.3) is 0 Å². The second kappa shape index (κ2) is 5.62. The number of nitrogens with one attached hydrogen (secondary N) is 1. The monoisotopic (exact) mass is 247 g/mol. The first-order valence-corrected chi connectivity index (χ1v) is 8.50. The van der Waals surface area contributed by atoms with Crippen LogP contribution in [0.5, 0.6) is 0 Å². The molecule has 0 aliphatic carbocycles. The number of hydrogen-bond acceptors (Lipinski definition) is 3. The Morgan fingerprint density at radius 2 is 1.25 bits per heavy atom. The Hall–Kier alpha value is 0.0969. The SMILES string of the molecule is CCC(C)(C)O[Si](C)(NC)OC(C)(C)CC. The summed E-state index contributed by atoms with van der Waals surface area (Å²) in [6.07, 6.45) is 1.96. The summed E-state index contributed by atoms with van der Waals surface area (Å²) in [6.45, 7) is 14.8. The van der Waals surface area contributed by atoms with E-state index in [4.69, 9.17) is 8.85 Å². The first kappa shape index (κ1) is 16.1. The van der Waals surface area contributed by atoms with Gasteiger partial charge in [-0.15, -0.1) is 0 Å². The molecule has 0 aromatic rings. The zero-order valence-electron chi connectivity index (χ0n) is 12.2. The second-order valence-electron chi connectivity index (χ2n) is 5.63. The topological polar surface area (TPSA) is 30.5 Å². The van der Waals surface area contributed by atoms with E-state index < -0.39 is 8.72 Å². The van der Waals surface area contributed by atoms with Crippen LogP contribution in [0.15, 0.2) is 0 Å². The highest BCUT2D eigenvalue weighted by atomic mass is 28.4. The average molecular weight is 247 g/mol. The first-order valence-electron chi connectivity index (χ1n) is 6.19. The van der Waals surface area contributed by atoms with Crippen molar-refractivity contribution in [3.8, 4) is 0 Å². The molecule has 0 aliphatic rings. The van der Waals surface area contributed by atoms with E-state index in [1.165, 1.54) is 0 Å². The molecular formula is C12H29NO2Si. The Morgan fingerprint density at radius 3 is 1.44 bits per heavy atom. The van der Waals surface area contributed by atoms with Crippen molar-refractivity contribution >= 4 is 8.72 Å². The summed E-state index contributed by atoms with van der Waals surface area (Å²) in [5.41, 5.74) is -0.262. The molecule has 0 radical (unpaired) electrons. The quantitative estimate of drug-likeness (QED) is 0.701. The van der Waals surface area contributed by atoms with Crippen LogP contribution in [0.25, 0.3) is 0 Å². The van der Waals surface area contributed by atoms with E-state index in [-0.39, 0.29) is 11.2 Å². The lowest BCUT2D eigenvalue weighted by molar-refractivity contribution is -0.00636. The first-order chi connectivity index (χ1) is 7.10. The highest BCUT2D eigenvalue weighted by Gasteiger charge is 2.40. The Balaban J connectivity index is 4.67. The molecule has 0 atom stereocenters. The summed E-state index contributed by atoms with van der Waals surface area (Å²) in [4.78, 5) is 3.25. The van der Waals surface area contributed by atoms with Gasteiger partial charge in [0.15, 0.2) is 0 Å². The van der Waals surface area contributed by atoms with Crippen LogP contribution in [0, 0.1) is 0 Å². The molecule has 4 heteroatoms. The van der Waals surface area contributed by atoms with Crippen molar-refractivity contribution in [2.24, 2.45) is 0 Å². The summed E-state index contributed by atoms with van der Waals surface area (Å²) in [5.74, 6) is 0. The Labute approximate surface area is 102 Å².